The first-order valence-electron chi connectivity index (χ1n) is 9.90. The zero-order valence-corrected chi connectivity index (χ0v) is 16.6. The minimum Gasteiger partial charge on any atom is -0.318 e. The number of amides is 5. The molecule has 4 rings (SSSR count). The first kappa shape index (κ1) is 19.6. The molecule has 0 aliphatic carbocycles. The number of rotatable bonds is 5. The number of hydrazine groups is 1. The Morgan fingerprint density at radius 2 is 1.87 bits per heavy atom. The van der Waals surface area contributed by atoms with Gasteiger partial charge in [-0.05, 0) is 36.6 Å². The van der Waals surface area contributed by atoms with E-state index in [0.717, 1.165) is 11.4 Å². The van der Waals surface area contributed by atoms with Crippen LogP contribution in [-0.2, 0) is 15.1 Å². The third-order valence-electron chi connectivity index (χ3n) is 5.60. The van der Waals surface area contributed by atoms with Gasteiger partial charge in [0.05, 0.1) is 0 Å². The van der Waals surface area contributed by atoms with Gasteiger partial charge < -0.3 is 10.2 Å². The Bertz CT molecular complexity index is 1020. The zero-order chi connectivity index (χ0) is 21.3. The average Bonchev–Trinajstić information content (AvgIpc) is 3.31. The number of benzene rings is 2. The van der Waals surface area contributed by atoms with Crippen molar-refractivity contribution in [3.8, 4) is 0 Å². The molecular weight excluding hydrogens is 384 g/mol. The Morgan fingerprint density at radius 3 is 2.53 bits per heavy atom. The molecule has 8 heteroatoms. The van der Waals surface area contributed by atoms with E-state index in [4.69, 9.17) is 0 Å². The third-order valence-corrected chi connectivity index (χ3v) is 5.60. The topological polar surface area (TPSA) is 98.8 Å². The Hall–Kier alpha value is -3.68. The van der Waals surface area contributed by atoms with Crippen LogP contribution in [0.2, 0.25) is 0 Å². The van der Waals surface area contributed by atoms with Gasteiger partial charge in [0, 0.05) is 24.2 Å². The van der Waals surface area contributed by atoms with Crippen LogP contribution in [0.5, 0.6) is 0 Å². The summed E-state index contributed by atoms with van der Waals surface area (Å²) in [6.45, 7) is 2.40. The number of hydrogen-bond acceptors (Lipinski definition) is 4. The lowest BCUT2D eigenvalue weighted by Gasteiger charge is -2.25. The Balaban J connectivity index is 1.56. The summed E-state index contributed by atoms with van der Waals surface area (Å²) in [4.78, 5) is 52.1. The molecule has 2 aromatic rings. The number of nitrogens with one attached hydrogen (secondary N) is 2. The van der Waals surface area contributed by atoms with E-state index in [0.29, 0.717) is 30.6 Å². The van der Waals surface area contributed by atoms with Gasteiger partial charge in [-0.3, -0.25) is 19.8 Å². The van der Waals surface area contributed by atoms with Crippen LogP contribution >= 0.6 is 0 Å². The second-order valence-electron chi connectivity index (χ2n) is 7.34. The van der Waals surface area contributed by atoms with Crippen LogP contribution in [0.25, 0.3) is 0 Å². The molecule has 2 fully saturated rings. The van der Waals surface area contributed by atoms with E-state index in [1.54, 1.807) is 60.4 Å². The number of carbonyl (C=O) groups excluding carboxylic acids is 4. The summed E-state index contributed by atoms with van der Waals surface area (Å²) in [5.74, 6) is -1.13. The van der Waals surface area contributed by atoms with Crippen molar-refractivity contribution in [2.24, 2.45) is 0 Å². The second-order valence-corrected chi connectivity index (χ2v) is 7.34. The van der Waals surface area contributed by atoms with Gasteiger partial charge in [0.15, 0.2) is 0 Å². The quantitative estimate of drug-likeness (QED) is 0.745. The Labute approximate surface area is 173 Å². The first-order chi connectivity index (χ1) is 14.5. The molecular formula is C22H22N4O4. The largest absolute Gasteiger partial charge is 0.344 e. The zero-order valence-electron chi connectivity index (χ0n) is 16.6. The normalized spacial score (nSPS) is 21.2. The smallest absolute Gasteiger partial charge is 0.318 e. The molecule has 5 amide bonds. The van der Waals surface area contributed by atoms with Crippen LogP contribution in [0.3, 0.4) is 0 Å². The van der Waals surface area contributed by atoms with Crippen LogP contribution in [-0.4, -0.2) is 35.3 Å². The molecule has 2 N–H and O–H groups in total. The maximum atomic E-state index is 13.1. The molecule has 0 aromatic heterocycles. The van der Waals surface area contributed by atoms with Crippen molar-refractivity contribution in [2.75, 3.05) is 11.4 Å². The summed E-state index contributed by atoms with van der Waals surface area (Å²) >= 11 is 0. The molecule has 2 heterocycles. The van der Waals surface area contributed by atoms with Gasteiger partial charge in [-0.15, -0.1) is 0 Å². The van der Waals surface area contributed by atoms with E-state index < -0.39 is 23.4 Å². The van der Waals surface area contributed by atoms with Crippen molar-refractivity contribution in [3.05, 3.63) is 65.7 Å². The van der Waals surface area contributed by atoms with E-state index >= 15 is 0 Å². The highest BCUT2D eigenvalue weighted by Gasteiger charge is 2.52. The van der Waals surface area contributed by atoms with E-state index in [1.807, 2.05) is 6.07 Å². The fourth-order valence-corrected chi connectivity index (χ4v) is 3.94. The summed E-state index contributed by atoms with van der Waals surface area (Å²) in [6.07, 6.45) is 1.59. The Kier molecular flexibility index (Phi) is 4.99. The molecule has 0 spiro atoms. The van der Waals surface area contributed by atoms with Crippen LogP contribution in [0.1, 0.15) is 42.1 Å². The van der Waals surface area contributed by atoms with Crippen molar-refractivity contribution in [1.29, 1.82) is 0 Å². The summed E-state index contributed by atoms with van der Waals surface area (Å²) < 4.78 is 0. The standard InChI is InChI=1S/C22H22N4O4/c1-2-22(16-9-4-3-5-10-16)20(29)26(21(30)23-22)24-19(28)15-8-6-11-17(14-15)25-13-7-12-18(25)27/h3-6,8-11,14H,2,7,12-13H2,1H3,(H,23,30)(H,24,28)/t22-/m1/s1. The number of anilines is 1. The molecule has 1 atom stereocenters. The Morgan fingerprint density at radius 1 is 1.10 bits per heavy atom. The van der Waals surface area contributed by atoms with Crippen LogP contribution in [0.4, 0.5) is 10.5 Å². The number of imide groups is 1. The van der Waals surface area contributed by atoms with Crippen molar-refractivity contribution in [3.63, 3.8) is 0 Å². The fraction of sp³-hybridized carbons (Fsp3) is 0.273. The first-order valence-corrected chi connectivity index (χ1v) is 9.90. The summed E-state index contributed by atoms with van der Waals surface area (Å²) in [6, 6.07) is 14.8. The molecule has 0 saturated carbocycles. The van der Waals surface area contributed by atoms with Crippen molar-refractivity contribution in [1.82, 2.24) is 15.8 Å². The summed E-state index contributed by atoms with van der Waals surface area (Å²) in [5, 5.41) is 3.45. The van der Waals surface area contributed by atoms with E-state index in [9.17, 15) is 19.2 Å². The lowest BCUT2D eigenvalue weighted by atomic mass is 9.87. The van der Waals surface area contributed by atoms with Gasteiger partial charge in [-0.25, -0.2) is 4.79 Å². The summed E-state index contributed by atoms with van der Waals surface area (Å²) in [7, 11) is 0. The van der Waals surface area contributed by atoms with Gasteiger partial charge in [-0.2, -0.15) is 5.01 Å². The highest BCUT2D eigenvalue weighted by atomic mass is 16.2. The molecule has 2 aromatic carbocycles. The number of carbonyl (C=O) groups is 4. The molecule has 8 nitrogen and oxygen atoms in total. The molecule has 2 aliphatic heterocycles. The minimum absolute atomic E-state index is 0.0113. The highest BCUT2D eigenvalue weighted by molar-refractivity contribution is 6.09. The van der Waals surface area contributed by atoms with Crippen molar-refractivity contribution < 1.29 is 19.2 Å². The molecule has 30 heavy (non-hydrogen) atoms. The predicted molar refractivity (Wildman–Crippen MR) is 109 cm³/mol. The van der Waals surface area contributed by atoms with E-state index in [1.165, 1.54) is 0 Å². The predicted octanol–water partition coefficient (Wildman–Crippen LogP) is 2.32. The molecule has 2 saturated heterocycles. The van der Waals surface area contributed by atoms with Gasteiger partial charge in [0.25, 0.3) is 11.8 Å². The third kappa shape index (κ3) is 3.20. The molecule has 0 radical (unpaired) electrons. The average molecular weight is 406 g/mol. The second kappa shape index (κ2) is 7.62. The molecule has 154 valence electrons. The highest BCUT2D eigenvalue weighted by Crippen LogP contribution is 2.31. The van der Waals surface area contributed by atoms with Crippen molar-refractivity contribution in [2.45, 2.75) is 31.7 Å². The van der Waals surface area contributed by atoms with Crippen LogP contribution in [0.15, 0.2) is 54.6 Å². The number of hydrogen-bond donors (Lipinski definition) is 2. The fourth-order valence-electron chi connectivity index (χ4n) is 3.94. The number of urea groups is 1. The van der Waals surface area contributed by atoms with Gasteiger partial charge in [0.2, 0.25) is 5.91 Å². The maximum absolute atomic E-state index is 13.1. The summed E-state index contributed by atoms with van der Waals surface area (Å²) in [5.41, 5.74) is 2.71. The monoisotopic (exact) mass is 406 g/mol. The lowest BCUT2D eigenvalue weighted by molar-refractivity contribution is -0.133. The van der Waals surface area contributed by atoms with Crippen LogP contribution in [0, 0.1) is 0 Å². The lowest BCUT2D eigenvalue weighted by Crippen LogP contribution is -2.48. The molecule has 0 bridgehead atoms. The molecule has 0 unspecified atom stereocenters. The van der Waals surface area contributed by atoms with Gasteiger partial charge in [0.1, 0.15) is 5.54 Å². The number of nitrogens with zero attached hydrogens (tertiary/aromatic N) is 2. The minimum atomic E-state index is -1.23. The molecule has 2 aliphatic rings. The van der Waals surface area contributed by atoms with E-state index in [2.05, 4.69) is 10.7 Å². The van der Waals surface area contributed by atoms with Crippen LogP contribution < -0.4 is 15.6 Å². The van der Waals surface area contributed by atoms with E-state index in [-0.39, 0.29) is 11.5 Å². The maximum Gasteiger partial charge on any atom is 0.344 e. The van der Waals surface area contributed by atoms with Gasteiger partial charge in [-0.1, -0.05) is 43.3 Å². The van der Waals surface area contributed by atoms with Crippen molar-refractivity contribution >= 4 is 29.4 Å². The SMILES string of the molecule is CC[C@]1(c2ccccc2)NC(=O)N(NC(=O)c2cccc(N3CCCC3=O)c2)C1=O. The van der Waals surface area contributed by atoms with Gasteiger partial charge >= 0.3 is 6.03 Å².